The Kier molecular flexibility index (Phi) is 2.93. The molecule has 0 amide bonds. The maximum absolute atomic E-state index is 4.19. The molecular formula is C13H12N2S2. The molecule has 3 heterocycles. The van der Waals surface area contributed by atoms with E-state index in [9.17, 15) is 0 Å². The van der Waals surface area contributed by atoms with Crippen LogP contribution in [-0.4, -0.2) is 12.0 Å². The number of thiophene rings is 2. The van der Waals surface area contributed by atoms with Crippen molar-refractivity contribution in [2.24, 2.45) is 0 Å². The molecule has 0 radical (unpaired) electrons. The highest BCUT2D eigenvalue weighted by Gasteiger charge is 2.15. The van der Waals surface area contributed by atoms with E-state index in [-0.39, 0.29) is 6.04 Å². The van der Waals surface area contributed by atoms with Crippen LogP contribution in [0.15, 0.2) is 42.0 Å². The van der Waals surface area contributed by atoms with Crippen LogP contribution in [0, 0.1) is 0 Å². The van der Waals surface area contributed by atoms with Gasteiger partial charge in [0.1, 0.15) is 0 Å². The highest BCUT2D eigenvalue weighted by Crippen LogP contribution is 2.35. The molecule has 4 heteroatoms. The molecule has 1 atom stereocenters. The van der Waals surface area contributed by atoms with Crippen LogP contribution < -0.4 is 5.32 Å². The molecule has 0 aliphatic carbocycles. The summed E-state index contributed by atoms with van der Waals surface area (Å²) in [6.07, 6.45) is 3.73. The first-order chi connectivity index (χ1) is 8.38. The van der Waals surface area contributed by atoms with Crippen molar-refractivity contribution >= 4 is 32.1 Å². The summed E-state index contributed by atoms with van der Waals surface area (Å²) in [7, 11) is 1.99. The summed E-state index contributed by atoms with van der Waals surface area (Å²) in [6.45, 7) is 0. The molecule has 0 aliphatic rings. The van der Waals surface area contributed by atoms with Gasteiger partial charge in [-0.25, -0.2) is 0 Å². The first-order valence-corrected chi connectivity index (χ1v) is 7.12. The Labute approximate surface area is 108 Å². The molecule has 2 nitrogen and oxygen atoms in total. The van der Waals surface area contributed by atoms with E-state index in [0.29, 0.717) is 0 Å². The lowest BCUT2D eigenvalue weighted by molar-refractivity contribution is 0.701. The van der Waals surface area contributed by atoms with Crippen molar-refractivity contribution < 1.29 is 0 Å². The van der Waals surface area contributed by atoms with E-state index in [1.54, 1.807) is 11.3 Å². The van der Waals surface area contributed by atoms with E-state index >= 15 is 0 Å². The van der Waals surface area contributed by atoms with Crippen molar-refractivity contribution in [3.63, 3.8) is 0 Å². The van der Waals surface area contributed by atoms with Gasteiger partial charge < -0.3 is 5.32 Å². The molecule has 86 valence electrons. The van der Waals surface area contributed by atoms with Gasteiger partial charge >= 0.3 is 0 Å². The van der Waals surface area contributed by atoms with Crippen molar-refractivity contribution in [1.82, 2.24) is 10.3 Å². The number of aromatic nitrogens is 1. The Morgan fingerprint density at radius 1 is 1.29 bits per heavy atom. The van der Waals surface area contributed by atoms with Gasteiger partial charge in [0.15, 0.2) is 0 Å². The smallest absolute Gasteiger partial charge is 0.0684 e. The Hall–Kier alpha value is -1.23. The highest BCUT2D eigenvalue weighted by molar-refractivity contribution is 7.27. The van der Waals surface area contributed by atoms with Gasteiger partial charge in [0.25, 0.3) is 0 Å². The number of fused-ring (bicyclic) bond motifs is 1. The van der Waals surface area contributed by atoms with E-state index in [0.717, 1.165) is 0 Å². The molecule has 0 saturated heterocycles. The first kappa shape index (κ1) is 10.9. The summed E-state index contributed by atoms with van der Waals surface area (Å²) in [6, 6.07) is 8.80. The monoisotopic (exact) mass is 260 g/mol. The second kappa shape index (κ2) is 4.56. The molecular weight excluding hydrogens is 248 g/mol. The first-order valence-electron chi connectivity index (χ1n) is 5.42. The fourth-order valence-electron chi connectivity index (χ4n) is 1.95. The minimum atomic E-state index is 0.244. The van der Waals surface area contributed by atoms with Crippen LogP contribution in [0.4, 0.5) is 0 Å². The number of nitrogens with zero attached hydrogens (tertiary/aromatic N) is 1. The Bertz CT molecular complexity index is 584. The Balaban J connectivity index is 2.03. The number of hydrogen-bond donors (Lipinski definition) is 1. The zero-order valence-electron chi connectivity index (χ0n) is 9.38. The van der Waals surface area contributed by atoms with Gasteiger partial charge in [-0.2, -0.15) is 0 Å². The van der Waals surface area contributed by atoms with Crippen LogP contribution in [0.25, 0.3) is 9.40 Å². The summed E-state index contributed by atoms with van der Waals surface area (Å²) >= 11 is 3.65. The molecule has 3 aromatic heterocycles. The largest absolute Gasteiger partial charge is 0.309 e. The third-order valence-corrected chi connectivity index (χ3v) is 4.91. The Morgan fingerprint density at radius 2 is 2.24 bits per heavy atom. The quantitative estimate of drug-likeness (QED) is 0.777. The third-order valence-electron chi connectivity index (χ3n) is 2.75. The fraction of sp³-hybridized carbons (Fsp3) is 0.154. The van der Waals surface area contributed by atoms with E-state index in [1.807, 2.05) is 36.8 Å². The number of hydrogen-bond acceptors (Lipinski definition) is 4. The second-order valence-corrected chi connectivity index (χ2v) is 5.87. The topological polar surface area (TPSA) is 24.9 Å². The maximum Gasteiger partial charge on any atom is 0.0684 e. The molecule has 1 unspecified atom stereocenters. The lowest BCUT2D eigenvalue weighted by Gasteiger charge is -2.13. The minimum absolute atomic E-state index is 0.244. The predicted molar refractivity (Wildman–Crippen MR) is 74.8 cm³/mol. The van der Waals surface area contributed by atoms with Crippen LogP contribution in [0.2, 0.25) is 0 Å². The summed E-state index contributed by atoms with van der Waals surface area (Å²) in [5.74, 6) is 0. The lowest BCUT2D eigenvalue weighted by atomic mass is 10.1. The van der Waals surface area contributed by atoms with Gasteiger partial charge in [-0.3, -0.25) is 4.98 Å². The van der Waals surface area contributed by atoms with E-state index in [2.05, 4.69) is 33.9 Å². The van der Waals surface area contributed by atoms with Crippen LogP contribution >= 0.6 is 22.7 Å². The molecule has 0 aliphatic heterocycles. The molecule has 3 rings (SSSR count). The zero-order valence-corrected chi connectivity index (χ0v) is 11.0. The molecule has 1 N–H and O–H groups in total. The standard InChI is InChI=1S/C13H12N2S2/c1-14-13(9-3-2-5-15-8-9)12-7-11-10(17-12)4-6-16-11/h2-8,13-14H,1H3. The van der Waals surface area contributed by atoms with Crippen LogP contribution in [-0.2, 0) is 0 Å². The predicted octanol–water partition coefficient (Wildman–Crippen LogP) is 3.67. The second-order valence-electron chi connectivity index (χ2n) is 3.81. The van der Waals surface area contributed by atoms with Crippen LogP contribution in [0.1, 0.15) is 16.5 Å². The van der Waals surface area contributed by atoms with Gasteiger partial charge in [0, 0.05) is 26.7 Å². The maximum atomic E-state index is 4.19. The van der Waals surface area contributed by atoms with Crippen molar-refractivity contribution in [2.45, 2.75) is 6.04 Å². The van der Waals surface area contributed by atoms with Crippen molar-refractivity contribution in [2.75, 3.05) is 7.05 Å². The minimum Gasteiger partial charge on any atom is -0.309 e. The normalized spacial score (nSPS) is 13.0. The summed E-state index contributed by atoms with van der Waals surface area (Å²) < 4.78 is 2.74. The highest BCUT2D eigenvalue weighted by atomic mass is 32.1. The van der Waals surface area contributed by atoms with Gasteiger partial charge in [0.2, 0.25) is 0 Å². The van der Waals surface area contributed by atoms with Crippen molar-refractivity contribution in [1.29, 1.82) is 0 Å². The van der Waals surface area contributed by atoms with Crippen LogP contribution in [0.5, 0.6) is 0 Å². The number of rotatable bonds is 3. The molecule has 0 spiro atoms. The van der Waals surface area contributed by atoms with E-state index in [1.165, 1.54) is 19.8 Å². The number of pyridine rings is 1. The summed E-state index contributed by atoms with van der Waals surface area (Å²) in [4.78, 5) is 5.54. The van der Waals surface area contributed by atoms with Gasteiger partial charge in [-0.15, -0.1) is 22.7 Å². The van der Waals surface area contributed by atoms with Gasteiger partial charge in [-0.1, -0.05) is 6.07 Å². The zero-order chi connectivity index (χ0) is 11.7. The number of nitrogens with one attached hydrogen (secondary N) is 1. The molecule has 0 fully saturated rings. The Morgan fingerprint density at radius 3 is 2.94 bits per heavy atom. The molecule has 17 heavy (non-hydrogen) atoms. The molecule has 0 aromatic carbocycles. The van der Waals surface area contributed by atoms with Gasteiger partial charge in [-0.05, 0) is 36.2 Å². The fourth-order valence-corrected chi connectivity index (χ4v) is 4.20. The SMILES string of the molecule is CNC(c1cccnc1)c1cc2sccc2s1. The molecule has 0 saturated carbocycles. The lowest BCUT2D eigenvalue weighted by Crippen LogP contribution is -2.16. The van der Waals surface area contributed by atoms with Gasteiger partial charge in [0.05, 0.1) is 6.04 Å². The average molecular weight is 260 g/mol. The summed E-state index contributed by atoms with van der Waals surface area (Å²) in [5.41, 5.74) is 1.21. The van der Waals surface area contributed by atoms with Crippen molar-refractivity contribution in [3.05, 3.63) is 52.5 Å². The van der Waals surface area contributed by atoms with Crippen LogP contribution in [0.3, 0.4) is 0 Å². The molecule has 3 aromatic rings. The third kappa shape index (κ3) is 1.99. The molecule has 0 bridgehead atoms. The van der Waals surface area contributed by atoms with E-state index in [4.69, 9.17) is 0 Å². The summed E-state index contributed by atoms with van der Waals surface area (Å²) in [5, 5.41) is 5.50. The van der Waals surface area contributed by atoms with E-state index < -0.39 is 0 Å². The van der Waals surface area contributed by atoms with Crippen molar-refractivity contribution in [3.8, 4) is 0 Å². The average Bonchev–Trinajstić information content (AvgIpc) is 2.92.